The second-order valence-corrected chi connectivity index (χ2v) is 7.88. The van der Waals surface area contributed by atoms with Crippen LogP contribution in [-0.4, -0.2) is 18.9 Å². The number of benzene rings is 2. The molecule has 124 valence electrons. The summed E-state index contributed by atoms with van der Waals surface area (Å²) in [4.78, 5) is 10.9. The van der Waals surface area contributed by atoms with E-state index in [0.29, 0.717) is 22.9 Å². The Bertz CT molecular complexity index is 996. The Morgan fingerprint density at radius 2 is 1.83 bits per heavy atom. The van der Waals surface area contributed by atoms with Gasteiger partial charge in [0, 0.05) is 21.6 Å². The molecule has 0 aliphatic heterocycles. The molecule has 1 atom stereocenters. The first-order valence-electron chi connectivity index (χ1n) is 7.16. The van der Waals surface area contributed by atoms with E-state index >= 15 is 0 Å². The van der Waals surface area contributed by atoms with Gasteiger partial charge in [-0.2, -0.15) is 0 Å². The molecule has 0 saturated heterocycles. The normalized spacial score (nSPS) is 12.9. The third-order valence-electron chi connectivity index (χ3n) is 3.77. The number of nitrogens with zero attached hydrogens (tertiary/aromatic N) is 1. The van der Waals surface area contributed by atoms with Crippen LogP contribution in [0.1, 0.15) is 18.6 Å². The lowest BCUT2D eigenvalue weighted by Gasteiger charge is -2.08. The molecule has 0 radical (unpaired) electrons. The minimum Gasteiger partial charge on any atom is -0.460 e. The Morgan fingerprint density at radius 3 is 2.50 bits per heavy atom. The maximum atomic E-state index is 13.0. The maximum Gasteiger partial charge on any atom is 0.293 e. The Kier molecular flexibility index (Phi) is 4.47. The number of fused-ring (bicyclic) bond motifs is 1. The number of hydrogen-bond donors (Lipinski definition) is 0. The molecule has 3 rings (SSSR count). The molecule has 2 aromatic carbocycles. The molecule has 7 heteroatoms. The van der Waals surface area contributed by atoms with Gasteiger partial charge in [0.2, 0.25) is 0 Å². The van der Waals surface area contributed by atoms with E-state index in [1.165, 1.54) is 10.2 Å². The van der Waals surface area contributed by atoms with Gasteiger partial charge in [-0.3, -0.25) is 4.79 Å². The quantitative estimate of drug-likeness (QED) is 0.602. The number of carbonyl (C=O) groups is 1. The van der Waals surface area contributed by atoms with Crippen molar-refractivity contribution in [3.63, 3.8) is 0 Å². The first kappa shape index (κ1) is 16.7. The van der Waals surface area contributed by atoms with Gasteiger partial charge >= 0.3 is 0 Å². The highest BCUT2D eigenvalue weighted by Gasteiger charge is 2.24. The monoisotopic (exact) mass is 407 g/mol. The van der Waals surface area contributed by atoms with Crippen molar-refractivity contribution in [1.29, 1.82) is 0 Å². The van der Waals surface area contributed by atoms with Crippen LogP contribution in [0.15, 0.2) is 64.1 Å². The molecule has 0 N–H and O–H groups in total. The molecule has 0 amide bonds. The molecule has 1 aromatic heterocycles. The highest BCUT2D eigenvalue weighted by molar-refractivity contribution is 9.10. The predicted molar refractivity (Wildman–Crippen MR) is 94.2 cm³/mol. The van der Waals surface area contributed by atoms with Gasteiger partial charge in [-0.05, 0) is 31.2 Å². The van der Waals surface area contributed by atoms with E-state index in [0.717, 1.165) is 4.47 Å². The van der Waals surface area contributed by atoms with Crippen molar-refractivity contribution in [2.45, 2.75) is 17.9 Å². The molecule has 0 aliphatic rings. The molecule has 0 fully saturated rings. The van der Waals surface area contributed by atoms with Crippen molar-refractivity contribution < 1.29 is 17.9 Å². The maximum absolute atomic E-state index is 13.0. The summed E-state index contributed by atoms with van der Waals surface area (Å²) in [5.74, 6) is 0. The van der Waals surface area contributed by atoms with Crippen molar-refractivity contribution in [2.75, 3.05) is 0 Å². The first-order chi connectivity index (χ1) is 11.5. The average Bonchev–Trinajstić information content (AvgIpc) is 2.98. The topological polar surface area (TPSA) is 65.4 Å². The van der Waals surface area contributed by atoms with Crippen LogP contribution < -0.4 is 0 Å². The van der Waals surface area contributed by atoms with Crippen LogP contribution in [0.3, 0.4) is 0 Å². The molecule has 3 aromatic rings. The van der Waals surface area contributed by atoms with Gasteiger partial charge in [0.15, 0.2) is 0 Å². The molecule has 1 unspecified atom stereocenters. The third kappa shape index (κ3) is 2.74. The van der Waals surface area contributed by atoms with Crippen LogP contribution in [0, 0.1) is 0 Å². The average molecular weight is 408 g/mol. The van der Waals surface area contributed by atoms with Crippen LogP contribution in [0.25, 0.3) is 10.9 Å². The van der Waals surface area contributed by atoms with E-state index in [2.05, 4.69) is 15.9 Å². The summed E-state index contributed by atoms with van der Waals surface area (Å²) in [5.41, 5.74) is 1.13. The van der Waals surface area contributed by atoms with E-state index in [1.54, 1.807) is 49.4 Å². The summed E-state index contributed by atoms with van der Waals surface area (Å²) in [6.45, 7) is 2.05. The zero-order valence-corrected chi connectivity index (χ0v) is 15.1. The molecule has 1 heterocycles. The zero-order chi connectivity index (χ0) is 17.3. The lowest BCUT2D eigenvalue weighted by Crippen LogP contribution is -2.11. The fourth-order valence-corrected chi connectivity index (χ4v) is 4.59. The van der Waals surface area contributed by atoms with Gasteiger partial charge in [0.25, 0.3) is 16.5 Å². The minimum absolute atomic E-state index is 0.192. The molecular formula is C17H14BrNO4S. The van der Waals surface area contributed by atoms with E-state index in [-0.39, 0.29) is 4.90 Å². The van der Waals surface area contributed by atoms with Gasteiger partial charge < -0.3 is 4.74 Å². The van der Waals surface area contributed by atoms with E-state index in [4.69, 9.17) is 4.74 Å². The molecular weight excluding hydrogens is 394 g/mol. The zero-order valence-electron chi connectivity index (χ0n) is 12.7. The fraction of sp³-hybridized carbons (Fsp3) is 0.118. The Hall–Kier alpha value is -2.12. The Balaban J connectivity index is 2.30. The van der Waals surface area contributed by atoms with Crippen molar-refractivity contribution in [1.82, 2.24) is 3.97 Å². The van der Waals surface area contributed by atoms with E-state index in [1.807, 2.05) is 6.07 Å². The van der Waals surface area contributed by atoms with Gasteiger partial charge in [0.1, 0.15) is 6.10 Å². The minimum atomic E-state index is -3.76. The lowest BCUT2D eigenvalue weighted by atomic mass is 10.1. The fourth-order valence-electron chi connectivity index (χ4n) is 2.61. The Labute approximate surface area is 148 Å². The lowest BCUT2D eigenvalue weighted by molar-refractivity contribution is -0.133. The van der Waals surface area contributed by atoms with Crippen LogP contribution in [0.5, 0.6) is 0 Å². The van der Waals surface area contributed by atoms with Gasteiger partial charge in [-0.25, -0.2) is 12.4 Å². The molecule has 5 nitrogen and oxygen atoms in total. The SMILES string of the molecule is CC(OC=O)c1cn(S(=O)(=O)c2ccccc2)c2cccc(Br)c12. The summed E-state index contributed by atoms with van der Waals surface area (Å²) in [5, 5.41) is 0.700. The van der Waals surface area contributed by atoms with Crippen LogP contribution >= 0.6 is 15.9 Å². The summed E-state index contributed by atoms with van der Waals surface area (Å²) >= 11 is 3.45. The largest absolute Gasteiger partial charge is 0.460 e. The van der Waals surface area contributed by atoms with Crippen LogP contribution in [-0.2, 0) is 19.6 Å². The number of aromatic nitrogens is 1. The third-order valence-corrected chi connectivity index (χ3v) is 6.12. The standard InChI is InChI=1S/C17H14BrNO4S/c1-12(23-11-20)14-10-19(16-9-5-8-15(18)17(14)16)24(21,22)13-6-3-2-4-7-13/h2-12H,1H3. The van der Waals surface area contributed by atoms with E-state index in [9.17, 15) is 13.2 Å². The van der Waals surface area contributed by atoms with Gasteiger partial charge in [-0.15, -0.1) is 0 Å². The number of rotatable bonds is 5. The number of hydrogen-bond acceptors (Lipinski definition) is 4. The molecule has 0 aliphatic carbocycles. The summed E-state index contributed by atoms with van der Waals surface area (Å²) < 4.78 is 33.0. The predicted octanol–water partition coefficient (Wildman–Crippen LogP) is 3.87. The second kappa shape index (κ2) is 6.41. The molecule has 0 spiro atoms. The van der Waals surface area contributed by atoms with Crippen molar-refractivity contribution in [3.8, 4) is 0 Å². The number of halogens is 1. The number of ether oxygens (including phenoxy) is 1. The second-order valence-electron chi connectivity index (χ2n) is 5.21. The number of carbonyl (C=O) groups excluding carboxylic acids is 1. The van der Waals surface area contributed by atoms with Crippen molar-refractivity contribution >= 4 is 43.3 Å². The summed E-state index contributed by atoms with van der Waals surface area (Å²) in [6, 6.07) is 13.5. The smallest absolute Gasteiger partial charge is 0.293 e. The highest BCUT2D eigenvalue weighted by atomic mass is 79.9. The van der Waals surface area contributed by atoms with Crippen molar-refractivity contribution in [2.24, 2.45) is 0 Å². The molecule has 0 bridgehead atoms. The Morgan fingerprint density at radius 1 is 1.12 bits per heavy atom. The molecule has 0 saturated carbocycles. The van der Waals surface area contributed by atoms with E-state index < -0.39 is 16.1 Å². The van der Waals surface area contributed by atoms with Crippen LogP contribution in [0.4, 0.5) is 0 Å². The summed E-state index contributed by atoms with van der Waals surface area (Å²) in [7, 11) is -3.76. The van der Waals surface area contributed by atoms with Gasteiger partial charge in [0.05, 0.1) is 10.4 Å². The molecule has 24 heavy (non-hydrogen) atoms. The van der Waals surface area contributed by atoms with Gasteiger partial charge in [-0.1, -0.05) is 40.2 Å². The van der Waals surface area contributed by atoms with Crippen molar-refractivity contribution in [3.05, 3.63) is 64.8 Å². The highest BCUT2D eigenvalue weighted by Crippen LogP contribution is 2.35. The van der Waals surface area contributed by atoms with Crippen LogP contribution in [0.2, 0.25) is 0 Å². The first-order valence-corrected chi connectivity index (χ1v) is 9.39. The summed E-state index contributed by atoms with van der Waals surface area (Å²) in [6.07, 6.45) is 0.933.